The van der Waals surface area contributed by atoms with Crippen LogP contribution in [0.1, 0.15) is 6.92 Å². The molecule has 2 rings (SSSR count). The number of nitrogens with one attached hydrogen (secondary N) is 1. The normalized spacial score (nSPS) is 10.7. The van der Waals surface area contributed by atoms with Crippen molar-refractivity contribution in [1.29, 1.82) is 0 Å². The van der Waals surface area contributed by atoms with Gasteiger partial charge in [0.2, 0.25) is 0 Å². The highest BCUT2D eigenvalue weighted by molar-refractivity contribution is 5.76. The van der Waals surface area contributed by atoms with E-state index < -0.39 is 11.7 Å². The van der Waals surface area contributed by atoms with Gasteiger partial charge in [0.05, 0.1) is 30.7 Å². The second-order valence-corrected chi connectivity index (χ2v) is 4.29. The topological polar surface area (TPSA) is 90.4 Å². The molecule has 21 heavy (non-hydrogen) atoms. The molecule has 0 spiro atoms. The molecule has 0 atom stereocenters. The van der Waals surface area contributed by atoms with Crippen LogP contribution in [0.4, 0.5) is 0 Å². The molecule has 1 N–H and O–H groups in total. The number of esters is 1. The highest BCUT2D eigenvalue weighted by atomic mass is 16.6. The van der Waals surface area contributed by atoms with Gasteiger partial charge in [-0.05, 0) is 19.1 Å². The third kappa shape index (κ3) is 3.57. The second kappa shape index (κ2) is 6.85. The van der Waals surface area contributed by atoms with Gasteiger partial charge in [0.25, 0.3) is 5.56 Å². The van der Waals surface area contributed by atoms with Crippen molar-refractivity contribution in [1.82, 2.24) is 9.55 Å². The van der Waals surface area contributed by atoms with E-state index in [1.165, 1.54) is 0 Å². The first-order valence-corrected chi connectivity index (χ1v) is 6.58. The molecule has 1 heterocycles. The molecule has 1 aromatic carbocycles. The SMILES string of the molecule is CCOC(=O)COCCn1c(=O)[nH]c2ccccc2c1=O. The molecule has 0 aliphatic carbocycles. The van der Waals surface area contributed by atoms with Crippen molar-refractivity contribution in [3.05, 3.63) is 45.1 Å². The molecule has 112 valence electrons. The average molecular weight is 292 g/mol. The van der Waals surface area contributed by atoms with Gasteiger partial charge < -0.3 is 14.5 Å². The summed E-state index contributed by atoms with van der Waals surface area (Å²) < 4.78 is 10.8. The van der Waals surface area contributed by atoms with Crippen LogP contribution in [0.25, 0.3) is 10.9 Å². The maximum atomic E-state index is 12.2. The number of carbonyl (C=O) groups excluding carboxylic acids is 1. The molecule has 0 bridgehead atoms. The van der Waals surface area contributed by atoms with Crippen LogP contribution >= 0.6 is 0 Å². The van der Waals surface area contributed by atoms with Crippen molar-refractivity contribution < 1.29 is 14.3 Å². The fourth-order valence-electron chi connectivity index (χ4n) is 1.92. The van der Waals surface area contributed by atoms with E-state index in [2.05, 4.69) is 4.98 Å². The van der Waals surface area contributed by atoms with E-state index >= 15 is 0 Å². The smallest absolute Gasteiger partial charge is 0.332 e. The number of aromatic nitrogens is 2. The zero-order chi connectivity index (χ0) is 15.2. The third-order valence-electron chi connectivity index (χ3n) is 2.87. The molecule has 0 amide bonds. The number of benzene rings is 1. The lowest BCUT2D eigenvalue weighted by Gasteiger charge is -2.07. The van der Waals surface area contributed by atoms with E-state index in [1.807, 2.05) is 0 Å². The Morgan fingerprint density at radius 1 is 1.29 bits per heavy atom. The first kappa shape index (κ1) is 15.0. The molecule has 7 heteroatoms. The Morgan fingerprint density at radius 2 is 2.05 bits per heavy atom. The fourth-order valence-corrected chi connectivity index (χ4v) is 1.92. The number of carbonyl (C=O) groups is 1. The van der Waals surface area contributed by atoms with E-state index in [0.29, 0.717) is 10.9 Å². The summed E-state index contributed by atoms with van der Waals surface area (Å²) in [5, 5.41) is 0.433. The molecule has 0 radical (unpaired) electrons. The molecule has 0 saturated heterocycles. The van der Waals surface area contributed by atoms with Crippen molar-refractivity contribution in [2.45, 2.75) is 13.5 Å². The van der Waals surface area contributed by atoms with Crippen LogP contribution < -0.4 is 11.2 Å². The molecular weight excluding hydrogens is 276 g/mol. The molecule has 1 aromatic heterocycles. The molecular formula is C14H16N2O5. The molecule has 0 saturated carbocycles. The number of hydrogen-bond donors (Lipinski definition) is 1. The monoisotopic (exact) mass is 292 g/mol. The molecule has 2 aromatic rings. The molecule has 0 aliphatic heterocycles. The van der Waals surface area contributed by atoms with E-state index in [0.717, 1.165) is 4.57 Å². The van der Waals surface area contributed by atoms with Gasteiger partial charge in [-0.25, -0.2) is 9.59 Å². The lowest BCUT2D eigenvalue weighted by molar-refractivity contribution is -0.148. The maximum Gasteiger partial charge on any atom is 0.332 e. The maximum absolute atomic E-state index is 12.2. The van der Waals surface area contributed by atoms with Crippen LogP contribution in [-0.4, -0.2) is 35.3 Å². The van der Waals surface area contributed by atoms with E-state index in [9.17, 15) is 14.4 Å². The Balaban J connectivity index is 2.07. The van der Waals surface area contributed by atoms with E-state index in [1.54, 1.807) is 31.2 Å². The third-order valence-corrected chi connectivity index (χ3v) is 2.87. The Labute approximate surface area is 120 Å². The van der Waals surface area contributed by atoms with Gasteiger partial charge in [-0.2, -0.15) is 0 Å². The number of aromatic amines is 1. The Kier molecular flexibility index (Phi) is 4.89. The van der Waals surface area contributed by atoms with E-state index in [-0.39, 0.29) is 31.9 Å². The second-order valence-electron chi connectivity index (χ2n) is 4.29. The predicted octanol–water partition coefficient (Wildman–Crippen LogP) is 0.269. The molecule has 0 unspecified atom stereocenters. The molecule has 7 nitrogen and oxygen atoms in total. The van der Waals surface area contributed by atoms with Crippen LogP contribution in [0.3, 0.4) is 0 Å². The summed E-state index contributed by atoms with van der Waals surface area (Å²) in [6, 6.07) is 6.78. The van der Waals surface area contributed by atoms with Crippen molar-refractivity contribution in [3.63, 3.8) is 0 Å². The van der Waals surface area contributed by atoms with Gasteiger partial charge in [0.15, 0.2) is 0 Å². The quantitative estimate of drug-likeness (QED) is 0.609. The summed E-state index contributed by atoms with van der Waals surface area (Å²) in [6.07, 6.45) is 0. The highest BCUT2D eigenvalue weighted by Gasteiger charge is 2.07. The highest BCUT2D eigenvalue weighted by Crippen LogP contribution is 2.02. The minimum Gasteiger partial charge on any atom is -0.464 e. The van der Waals surface area contributed by atoms with Crippen LogP contribution in [-0.2, 0) is 20.8 Å². The summed E-state index contributed by atoms with van der Waals surface area (Å²) in [6.45, 7) is 1.92. The van der Waals surface area contributed by atoms with Gasteiger partial charge in [-0.1, -0.05) is 12.1 Å². The standard InChI is InChI=1S/C14H16N2O5/c1-2-21-12(17)9-20-8-7-16-13(18)10-5-3-4-6-11(10)15-14(16)19/h3-6H,2,7-9H2,1H3,(H,15,19). The Hall–Kier alpha value is -2.41. The predicted molar refractivity (Wildman–Crippen MR) is 76.3 cm³/mol. The van der Waals surface area contributed by atoms with Crippen LogP contribution in [0, 0.1) is 0 Å². The zero-order valence-corrected chi connectivity index (χ0v) is 11.6. The van der Waals surface area contributed by atoms with Crippen molar-refractivity contribution in [2.24, 2.45) is 0 Å². The number of rotatable bonds is 6. The number of H-pyrrole nitrogens is 1. The van der Waals surface area contributed by atoms with Gasteiger partial charge >= 0.3 is 11.7 Å². The largest absolute Gasteiger partial charge is 0.464 e. The number of para-hydroxylation sites is 1. The zero-order valence-electron chi connectivity index (χ0n) is 11.6. The fraction of sp³-hybridized carbons (Fsp3) is 0.357. The number of ether oxygens (including phenoxy) is 2. The van der Waals surface area contributed by atoms with E-state index in [4.69, 9.17) is 9.47 Å². The summed E-state index contributed by atoms with van der Waals surface area (Å²) in [4.78, 5) is 37.7. The van der Waals surface area contributed by atoms with Gasteiger partial charge in [0.1, 0.15) is 6.61 Å². The van der Waals surface area contributed by atoms with Crippen LogP contribution in [0.15, 0.2) is 33.9 Å². The minimum absolute atomic E-state index is 0.0679. The lowest BCUT2D eigenvalue weighted by Crippen LogP contribution is -2.36. The molecule has 0 aliphatic rings. The summed E-state index contributed by atoms with van der Waals surface area (Å²) in [5.41, 5.74) is -0.385. The first-order valence-electron chi connectivity index (χ1n) is 6.58. The van der Waals surface area contributed by atoms with Gasteiger partial charge in [-0.15, -0.1) is 0 Å². The summed E-state index contributed by atoms with van der Waals surface area (Å²) >= 11 is 0. The number of fused-ring (bicyclic) bond motifs is 1. The average Bonchev–Trinajstić information content (AvgIpc) is 2.46. The summed E-state index contributed by atoms with van der Waals surface area (Å²) in [5.74, 6) is -0.475. The van der Waals surface area contributed by atoms with Crippen molar-refractivity contribution in [2.75, 3.05) is 19.8 Å². The molecule has 0 fully saturated rings. The van der Waals surface area contributed by atoms with Crippen molar-refractivity contribution in [3.8, 4) is 0 Å². The first-order chi connectivity index (χ1) is 10.1. The lowest BCUT2D eigenvalue weighted by atomic mass is 10.2. The van der Waals surface area contributed by atoms with Crippen LogP contribution in [0.2, 0.25) is 0 Å². The summed E-state index contributed by atoms with van der Waals surface area (Å²) in [7, 11) is 0. The van der Waals surface area contributed by atoms with Gasteiger partial charge in [-0.3, -0.25) is 9.36 Å². The van der Waals surface area contributed by atoms with Crippen molar-refractivity contribution >= 4 is 16.9 Å². The Morgan fingerprint density at radius 3 is 2.81 bits per heavy atom. The minimum atomic E-state index is -0.501. The number of nitrogens with zero attached hydrogens (tertiary/aromatic N) is 1. The van der Waals surface area contributed by atoms with Gasteiger partial charge in [0, 0.05) is 0 Å². The van der Waals surface area contributed by atoms with Crippen LogP contribution in [0.5, 0.6) is 0 Å². The number of hydrogen-bond acceptors (Lipinski definition) is 5. The Bertz CT molecular complexity index is 747.